The van der Waals surface area contributed by atoms with Crippen molar-refractivity contribution in [3.8, 4) is 56.2 Å². The highest BCUT2D eigenvalue weighted by atomic mass is 32.2. The quantitative estimate of drug-likeness (QED) is 0.204. The summed E-state index contributed by atoms with van der Waals surface area (Å²) in [6, 6.07) is 55.5. The highest BCUT2D eigenvalue weighted by Gasteiger charge is 2.17. The van der Waals surface area contributed by atoms with Crippen molar-refractivity contribution >= 4 is 23.9 Å². The van der Waals surface area contributed by atoms with E-state index >= 15 is 0 Å². The maximum atomic E-state index is 5.12. The number of nitrogens with zero attached hydrogens (tertiary/aromatic N) is 2. The average molecular weight is 593 g/mol. The predicted molar refractivity (Wildman–Crippen MR) is 189 cm³/mol. The Kier molecular flexibility index (Phi) is 7.14. The van der Waals surface area contributed by atoms with Gasteiger partial charge in [0.25, 0.3) is 0 Å². The molecule has 0 aliphatic carbocycles. The van der Waals surface area contributed by atoms with Crippen LogP contribution in [0.25, 0.3) is 68.3 Å². The zero-order valence-electron chi connectivity index (χ0n) is 24.5. The molecule has 0 unspecified atom stereocenters. The zero-order valence-corrected chi connectivity index (χ0v) is 25.3. The summed E-state index contributed by atoms with van der Waals surface area (Å²) in [6.45, 7) is 0. The van der Waals surface area contributed by atoms with Crippen molar-refractivity contribution in [2.75, 3.05) is 0 Å². The fraction of sp³-hybridized carbons (Fsp3) is 0. The molecule has 7 aromatic rings. The molecule has 0 atom stereocenters. The molecule has 2 heterocycles. The van der Waals surface area contributed by atoms with E-state index in [-0.39, 0.29) is 0 Å². The molecule has 0 saturated carbocycles. The summed E-state index contributed by atoms with van der Waals surface area (Å²) in [5.74, 6) is 0.715. The van der Waals surface area contributed by atoms with E-state index in [0.29, 0.717) is 5.82 Å². The standard InChI is InChI=1S/C42H28N2S/c1-3-14-31(15-4-1)38-28-39(44-42(43-38)32-16-5-2-6-17-32)33-26-25-30-24-23-29-13-7-8-18-34(29)35-19-9-11-21-40(35)45-41-22-12-10-20-36(41)37(30)27-33/h1-28H. The highest BCUT2D eigenvalue weighted by Crippen LogP contribution is 2.44. The molecule has 6 aromatic carbocycles. The van der Waals surface area contributed by atoms with Crippen LogP contribution < -0.4 is 0 Å². The Morgan fingerprint density at radius 3 is 1.56 bits per heavy atom. The first-order valence-electron chi connectivity index (χ1n) is 15.1. The van der Waals surface area contributed by atoms with Crippen molar-refractivity contribution < 1.29 is 0 Å². The summed E-state index contributed by atoms with van der Waals surface area (Å²) in [5.41, 5.74) is 12.1. The van der Waals surface area contributed by atoms with E-state index < -0.39 is 0 Å². The number of hydrogen-bond donors (Lipinski definition) is 0. The van der Waals surface area contributed by atoms with Crippen LogP contribution in [0.1, 0.15) is 11.1 Å². The van der Waals surface area contributed by atoms with Gasteiger partial charge in [-0.25, -0.2) is 9.97 Å². The molecule has 0 amide bonds. The first kappa shape index (κ1) is 27.1. The Morgan fingerprint density at radius 2 is 0.867 bits per heavy atom. The molecular formula is C42H28N2S. The SMILES string of the molecule is C1=Cc2ccc(-c3cc(-c4ccccc4)nc(-c4ccccc4)n3)cc2-c2ccccc2Sc2ccccc2-c2ccccc21. The minimum Gasteiger partial charge on any atom is -0.228 e. The Balaban J connectivity index is 1.34. The third-order valence-electron chi connectivity index (χ3n) is 8.15. The van der Waals surface area contributed by atoms with E-state index in [4.69, 9.17) is 9.97 Å². The fourth-order valence-corrected chi connectivity index (χ4v) is 7.01. The minimum absolute atomic E-state index is 0.715. The number of hydrogen-bond acceptors (Lipinski definition) is 3. The maximum Gasteiger partial charge on any atom is 0.160 e. The Bertz CT molecular complexity index is 2130. The number of rotatable bonds is 3. The molecule has 0 saturated heterocycles. The molecule has 2 nitrogen and oxygen atoms in total. The van der Waals surface area contributed by atoms with Crippen LogP contribution in [0, 0.1) is 0 Å². The van der Waals surface area contributed by atoms with Crippen LogP contribution in [0.5, 0.6) is 0 Å². The molecule has 0 bridgehead atoms. The molecular weight excluding hydrogens is 565 g/mol. The van der Waals surface area contributed by atoms with Crippen molar-refractivity contribution in [3.63, 3.8) is 0 Å². The summed E-state index contributed by atoms with van der Waals surface area (Å²) in [6.07, 6.45) is 4.49. The van der Waals surface area contributed by atoms with Gasteiger partial charge in [-0.15, -0.1) is 0 Å². The van der Waals surface area contributed by atoms with Gasteiger partial charge in [-0.3, -0.25) is 0 Å². The molecule has 1 aliphatic heterocycles. The smallest absolute Gasteiger partial charge is 0.160 e. The van der Waals surface area contributed by atoms with Crippen molar-refractivity contribution in [2.45, 2.75) is 9.79 Å². The maximum absolute atomic E-state index is 5.12. The van der Waals surface area contributed by atoms with Crippen LogP contribution in [0.4, 0.5) is 0 Å². The van der Waals surface area contributed by atoms with Gasteiger partial charge in [-0.1, -0.05) is 157 Å². The van der Waals surface area contributed by atoms with E-state index in [0.717, 1.165) is 33.6 Å². The first-order valence-corrected chi connectivity index (χ1v) is 15.9. The van der Waals surface area contributed by atoms with E-state index in [1.54, 1.807) is 0 Å². The molecule has 212 valence electrons. The van der Waals surface area contributed by atoms with Gasteiger partial charge in [0.15, 0.2) is 5.82 Å². The van der Waals surface area contributed by atoms with Crippen LogP contribution >= 0.6 is 11.8 Å². The van der Waals surface area contributed by atoms with Gasteiger partial charge in [0.2, 0.25) is 0 Å². The van der Waals surface area contributed by atoms with Gasteiger partial charge in [0.05, 0.1) is 11.4 Å². The lowest BCUT2D eigenvalue weighted by Gasteiger charge is -2.15. The average Bonchev–Trinajstić information content (AvgIpc) is 3.14. The third-order valence-corrected chi connectivity index (χ3v) is 9.31. The Hall–Kier alpha value is -5.51. The summed E-state index contributed by atoms with van der Waals surface area (Å²) in [4.78, 5) is 12.6. The Labute approximate surface area is 267 Å². The summed E-state index contributed by atoms with van der Waals surface area (Å²) in [7, 11) is 0. The molecule has 1 aliphatic rings. The molecule has 3 heteroatoms. The normalized spacial score (nSPS) is 11.8. The first-order chi connectivity index (χ1) is 22.3. The van der Waals surface area contributed by atoms with E-state index in [2.05, 4.69) is 146 Å². The van der Waals surface area contributed by atoms with Crippen molar-refractivity contribution in [2.24, 2.45) is 0 Å². The monoisotopic (exact) mass is 592 g/mol. The van der Waals surface area contributed by atoms with E-state index in [9.17, 15) is 0 Å². The molecule has 1 aromatic heterocycles. The van der Waals surface area contributed by atoms with Crippen LogP contribution in [0.2, 0.25) is 0 Å². The largest absolute Gasteiger partial charge is 0.228 e. The van der Waals surface area contributed by atoms with Crippen LogP contribution in [-0.4, -0.2) is 9.97 Å². The van der Waals surface area contributed by atoms with Gasteiger partial charge >= 0.3 is 0 Å². The number of aromatic nitrogens is 2. The third kappa shape index (κ3) is 5.39. The van der Waals surface area contributed by atoms with Crippen molar-refractivity contribution in [1.29, 1.82) is 0 Å². The molecule has 0 N–H and O–H groups in total. The molecule has 0 radical (unpaired) electrons. The zero-order chi connectivity index (χ0) is 30.0. The van der Waals surface area contributed by atoms with Gasteiger partial charge in [0, 0.05) is 26.5 Å². The number of benzene rings is 6. The van der Waals surface area contributed by atoms with Gasteiger partial charge in [0.1, 0.15) is 0 Å². The molecule has 0 fully saturated rings. The van der Waals surface area contributed by atoms with Gasteiger partial charge in [-0.05, 0) is 57.6 Å². The minimum atomic E-state index is 0.715. The summed E-state index contributed by atoms with van der Waals surface area (Å²) >= 11 is 1.82. The molecule has 8 rings (SSSR count). The summed E-state index contributed by atoms with van der Waals surface area (Å²) in [5, 5.41) is 0. The van der Waals surface area contributed by atoms with Crippen molar-refractivity contribution in [3.05, 3.63) is 169 Å². The van der Waals surface area contributed by atoms with Crippen LogP contribution in [0.15, 0.2) is 168 Å². The second-order valence-electron chi connectivity index (χ2n) is 11.0. The lowest BCUT2D eigenvalue weighted by Crippen LogP contribution is -1.96. The lowest BCUT2D eigenvalue weighted by atomic mass is 9.94. The van der Waals surface area contributed by atoms with Crippen LogP contribution in [0.3, 0.4) is 0 Å². The van der Waals surface area contributed by atoms with E-state index in [1.165, 1.54) is 37.6 Å². The topological polar surface area (TPSA) is 25.8 Å². The van der Waals surface area contributed by atoms with Gasteiger partial charge < -0.3 is 0 Å². The second kappa shape index (κ2) is 11.9. The molecule has 0 spiro atoms. The number of fused-ring (bicyclic) bond motifs is 6. The second-order valence-corrected chi connectivity index (χ2v) is 12.1. The predicted octanol–water partition coefficient (Wildman–Crippen LogP) is 11.4. The highest BCUT2D eigenvalue weighted by molar-refractivity contribution is 7.99. The van der Waals surface area contributed by atoms with Gasteiger partial charge in [-0.2, -0.15) is 0 Å². The van der Waals surface area contributed by atoms with Crippen LogP contribution in [-0.2, 0) is 0 Å². The van der Waals surface area contributed by atoms with Crippen molar-refractivity contribution in [1.82, 2.24) is 9.97 Å². The lowest BCUT2D eigenvalue weighted by molar-refractivity contribution is 1.18. The Morgan fingerprint density at radius 1 is 0.356 bits per heavy atom. The van der Waals surface area contributed by atoms with E-state index in [1.807, 2.05) is 36.0 Å². The fourth-order valence-electron chi connectivity index (χ4n) is 5.90. The summed E-state index contributed by atoms with van der Waals surface area (Å²) < 4.78 is 0. The molecule has 45 heavy (non-hydrogen) atoms.